The first kappa shape index (κ1) is 14.0. The number of hydrogen-bond donors (Lipinski definition) is 2. The number of aromatic nitrogens is 3. The van der Waals surface area contributed by atoms with Crippen LogP contribution >= 0.6 is 0 Å². The number of rotatable bonds is 5. The molecule has 0 amide bonds. The predicted molar refractivity (Wildman–Crippen MR) is 79.4 cm³/mol. The molecule has 2 rings (SSSR count). The van der Waals surface area contributed by atoms with Crippen LogP contribution in [0.4, 0.5) is 0 Å². The Hall–Kier alpha value is -2.37. The summed E-state index contributed by atoms with van der Waals surface area (Å²) < 4.78 is 1.78. The van der Waals surface area contributed by atoms with Crippen LogP contribution in [-0.2, 0) is 6.54 Å². The lowest BCUT2D eigenvalue weighted by molar-refractivity contribution is 0.590. The second-order valence-electron chi connectivity index (χ2n) is 4.43. The first-order valence-corrected chi connectivity index (χ1v) is 6.64. The van der Waals surface area contributed by atoms with Crippen LogP contribution in [0.5, 0.6) is 0 Å². The topological polar surface area (TPSA) is 67.1 Å². The summed E-state index contributed by atoms with van der Waals surface area (Å²) >= 11 is 0. The molecule has 0 saturated carbocycles. The standard InChI is InChI=1S/C14H20N6/c1-12(13-6-4-3-5-7-13)19-14(15-2)17-8-9-20-11-16-10-18-20/h3-7,10-12H,8-9H2,1-2H3,(H2,15,17,19). The van der Waals surface area contributed by atoms with E-state index >= 15 is 0 Å². The molecule has 0 aliphatic rings. The Morgan fingerprint density at radius 1 is 1.35 bits per heavy atom. The number of guanidine groups is 1. The van der Waals surface area contributed by atoms with E-state index in [0.717, 1.165) is 19.0 Å². The number of benzene rings is 1. The molecule has 0 radical (unpaired) electrons. The Morgan fingerprint density at radius 3 is 2.80 bits per heavy atom. The van der Waals surface area contributed by atoms with Crippen molar-refractivity contribution in [2.75, 3.05) is 13.6 Å². The molecule has 6 heteroatoms. The third kappa shape index (κ3) is 4.08. The minimum atomic E-state index is 0.203. The maximum absolute atomic E-state index is 4.22. The Morgan fingerprint density at radius 2 is 2.15 bits per heavy atom. The van der Waals surface area contributed by atoms with Crippen molar-refractivity contribution < 1.29 is 0 Å². The quantitative estimate of drug-likeness (QED) is 0.634. The second kappa shape index (κ2) is 7.28. The molecule has 0 bridgehead atoms. The molecular weight excluding hydrogens is 252 g/mol. The van der Waals surface area contributed by atoms with Crippen molar-refractivity contribution in [3.05, 3.63) is 48.5 Å². The van der Waals surface area contributed by atoms with E-state index in [0.29, 0.717) is 0 Å². The smallest absolute Gasteiger partial charge is 0.191 e. The summed E-state index contributed by atoms with van der Waals surface area (Å²) in [6, 6.07) is 10.5. The molecule has 1 aromatic heterocycles. The van der Waals surface area contributed by atoms with Gasteiger partial charge in [-0.3, -0.25) is 9.67 Å². The molecule has 2 aromatic rings. The Bertz CT molecular complexity index is 520. The minimum Gasteiger partial charge on any atom is -0.355 e. The monoisotopic (exact) mass is 272 g/mol. The first-order chi connectivity index (χ1) is 9.79. The van der Waals surface area contributed by atoms with E-state index in [1.807, 2.05) is 18.2 Å². The minimum absolute atomic E-state index is 0.203. The fraction of sp³-hybridized carbons (Fsp3) is 0.357. The zero-order valence-electron chi connectivity index (χ0n) is 11.8. The first-order valence-electron chi connectivity index (χ1n) is 6.64. The van der Waals surface area contributed by atoms with Crippen LogP contribution in [0.15, 0.2) is 48.0 Å². The van der Waals surface area contributed by atoms with E-state index in [9.17, 15) is 0 Å². The molecule has 2 N–H and O–H groups in total. The Balaban J connectivity index is 1.80. The van der Waals surface area contributed by atoms with Gasteiger partial charge >= 0.3 is 0 Å². The number of nitrogens with zero attached hydrogens (tertiary/aromatic N) is 4. The highest BCUT2D eigenvalue weighted by molar-refractivity contribution is 5.80. The highest BCUT2D eigenvalue weighted by Gasteiger charge is 2.06. The van der Waals surface area contributed by atoms with Crippen molar-refractivity contribution in [2.45, 2.75) is 19.5 Å². The van der Waals surface area contributed by atoms with Crippen molar-refractivity contribution in [2.24, 2.45) is 4.99 Å². The van der Waals surface area contributed by atoms with Crippen LogP contribution in [0, 0.1) is 0 Å². The van der Waals surface area contributed by atoms with Crippen LogP contribution < -0.4 is 10.6 Å². The van der Waals surface area contributed by atoms with Gasteiger partial charge in [0.15, 0.2) is 5.96 Å². The van der Waals surface area contributed by atoms with Gasteiger partial charge in [-0.25, -0.2) is 4.98 Å². The van der Waals surface area contributed by atoms with E-state index in [-0.39, 0.29) is 6.04 Å². The molecule has 1 aromatic carbocycles. The lowest BCUT2D eigenvalue weighted by Gasteiger charge is -2.18. The normalized spacial score (nSPS) is 13.0. The van der Waals surface area contributed by atoms with E-state index in [2.05, 4.69) is 44.8 Å². The molecule has 0 fully saturated rings. The van der Waals surface area contributed by atoms with Gasteiger partial charge in [-0.05, 0) is 12.5 Å². The maximum Gasteiger partial charge on any atom is 0.191 e. The van der Waals surface area contributed by atoms with Crippen LogP contribution in [0.1, 0.15) is 18.5 Å². The average molecular weight is 272 g/mol. The lowest BCUT2D eigenvalue weighted by Crippen LogP contribution is -2.40. The summed E-state index contributed by atoms with van der Waals surface area (Å²) in [7, 11) is 1.77. The molecule has 106 valence electrons. The molecule has 0 saturated heterocycles. The summed E-state index contributed by atoms with van der Waals surface area (Å²) in [5.41, 5.74) is 1.23. The number of aliphatic imine (C=N–C) groups is 1. The van der Waals surface area contributed by atoms with Crippen molar-refractivity contribution >= 4 is 5.96 Å². The Kier molecular flexibility index (Phi) is 5.11. The molecule has 0 spiro atoms. The van der Waals surface area contributed by atoms with E-state index < -0.39 is 0 Å². The molecular formula is C14H20N6. The fourth-order valence-corrected chi connectivity index (χ4v) is 1.86. The van der Waals surface area contributed by atoms with Gasteiger partial charge in [-0.1, -0.05) is 30.3 Å². The van der Waals surface area contributed by atoms with Crippen LogP contribution in [0.25, 0.3) is 0 Å². The van der Waals surface area contributed by atoms with Gasteiger partial charge in [-0.15, -0.1) is 0 Å². The predicted octanol–water partition coefficient (Wildman–Crippen LogP) is 1.20. The van der Waals surface area contributed by atoms with E-state index in [1.165, 1.54) is 11.9 Å². The summed E-state index contributed by atoms with van der Waals surface area (Å²) in [5.74, 6) is 0.779. The number of nitrogens with one attached hydrogen (secondary N) is 2. The average Bonchev–Trinajstić information content (AvgIpc) is 3.00. The second-order valence-corrected chi connectivity index (χ2v) is 4.43. The summed E-state index contributed by atoms with van der Waals surface area (Å²) in [6.07, 6.45) is 3.23. The van der Waals surface area contributed by atoms with Crippen molar-refractivity contribution in [3.8, 4) is 0 Å². The third-order valence-electron chi connectivity index (χ3n) is 2.98. The molecule has 6 nitrogen and oxygen atoms in total. The molecule has 20 heavy (non-hydrogen) atoms. The van der Waals surface area contributed by atoms with Gasteiger partial charge in [0.2, 0.25) is 0 Å². The van der Waals surface area contributed by atoms with E-state index in [1.54, 1.807) is 18.1 Å². The van der Waals surface area contributed by atoms with Crippen molar-refractivity contribution in [1.29, 1.82) is 0 Å². The van der Waals surface area contributed by atoms with Crippen LogP contribution in [0.3, 0.4) is 0 Å². The van der Waals surface area contributed by atoms with Gasteiger partial charge in [0, 0.05) is 13.6 Å². The molecule has 1 atom stereocenters. The maximum atomic E-state index is 4.22. The summed E-state index contributed by atoms with van der Waals surface area (Å²) in [5, 5.41) is 10.7. The summed E-state index contributed by atoms with van der Waals surface area (Å²) in [4.78, 5) is 8.13. The molecule has 1 unspecified atom stereocenters. The largest absolute Gasteiger partial charge is 0.355 e. The van der Waals surface area contributed by atoms with Crippen LogP contribution in [-0.4, -0.2) is 34.3 Å². The molecule has 0 aliphatic carbocycles. The van der Waals surface area contributed by atoms with Crippen LogP contribution in [0.2, 0.25) is 0 Å². The van der Waals surface area contributed by atoms with Crippen molar-refractivity contribution in [1.82, 2.24) is 25.4 Å². The zero-order chi connectivity index (χ0) is 14.2. The van der Waals surface area contributed by atoms with Gasteiger partial charge in [0.1, 0.15) is 12.7 Å². The SMILES string of the molecule is CN=C(NCCn1cncn1)NC(C)c1ccccc1. The lowest BCUT2D eigenvalue weighted by atomic mass is 10.1. The highest BCUT2D eigenvalue weighted by Crippen LogP contribution is 2.10. The fourth-order valence-electron chi connectivity index (χ4n) is 1.86. The van der Waals surface area contributed by atoms with E-state index in [4.69, 9.17) is 0 Å². The zero-order valence-corrected chi connectivity index (χ0v) is 11.8. The molecule has 1 heterocycles. The summed E-state index contributed by atoms with van der Waals surface area (Å²) in [6.45, 7) is 3.60. The Labute approximate surface area is 119 Å². The van der Waals surface area contributed by atoms with Gasteiger partial charge in [-0.2, -0.15) is 5.10 Å². The molecule has 0 aliphatic heterocycles. The highest BCUT2D eigenvalue weighted by atomic mass is 15.3. The third-order valence-corrected chi connectivity index (χ3v) is 2.98. The van der Waals surface area contributed by atoms with Gasteiger partial charge < -0.3 is 10.6 Å². The number of hydrogen-bond acceptors (Lipinski definition) is 3. The van der Waals surface area contributed by atoms with Gasteiger partial charge in [0.05, 0.1) is 12.6 Å². The van der Waals surface area contributed by atoms with Gasteiger partial charge in [0.25, 0.3) is 0 Å². The van der Waals surface area contributed by atoms with Crippen molar-refractivity contribution in [3.63, 3.8) is 0 Å².